The molecule has 2 aromatic heterocycles. The van der Waals surface area contributed by atoms with Crippen molar-refractivity contribution in [2.45, 2.75) is 85.3 Å². The zero-order chi connectivity index (χ0) is 30.5. The van der Waals surface area contributed by atoms with Crippen LogP contribution in [0, 0.1) is 11.3 Å². The lowest BCUT2D eigenvalue weighted by Crippen LogP contribution is -2.53. The third-order valence-corrected chi connectivity index (χ3v) is 9.17. The van der Waals surface area contributed by atoms with Crippen molar-refractivity contribution >= 4 is 22.8 Å². The molecule has 7 nitrogen and oxygen atoms in total. The maximum atomic E-state index is 6.70. The van der Waals surface area contributed by atoms with Gasteiger partial charge in [0.15, 0.2) is 11.2 Å². The minimum absolute atomic E-state index is 0.166. The second-order valence-corrected chi connectivity index (χ2v) is 13.0. The van der Waals surface area contributed by atoms with Gasteiger partial charge in [-0.2, -0.15) is 4.98 Å². The molecular weight excluding hydrogens is 558 g/mol. The van der Waals surface area contributed by atoms with Crippen molar-refractivity contribution in [3.63, 3.8) is 0 Å². The number of nitrogens with zero attached hydrogens (tertiary/aromatic N) is 4. The highest BCUT2D eigenvalue weighted by molar-refractivity contribution is 6.33. The molecule has 0 amide bonds. The summed E-state index contributed by atoms with van der Waals surface area (Å²) in [6.07, 6.45) is 8.62. The number of ether oxygens (including phenoxy) is 2. The van der Waals surface area contributed by atoms with Crippen molar-refractivity contribution in [2.75, 3.05) is 19.7 Å². The fourth-order valence-corrected chi connectivity index (χ4v) is 5.77. The van der Waals surface area contributed by atoms with Crippen molar-refractivity contribution in [2.24, 2.45) is 11.3 Å². The number of hydrogen-bond donors (Lipinski definition) is 1. The Balaban J connectivity index is 0.000000283. The molecule has 1 saturated carbocycles. The fraction of sp³-hybridized carbons (Fsp3) is 0.514. The van der Waals surface area contributed by atoms with Gasteiger partial charge in [0.1, 0.15) is 23.5 Å². The zero-order valence-electron chi connectivity index (χ0n) is 26.3. The number of benzene rings is 2. The average Bonchev–Trinajstić information content (AvgIpc) is 3.62. The van der Waals surface area contributed by atoms with Crippen LogP contribution in [-0.2, 0) is 6.54 Å². The van der Waals surface area contributed by atoms with E-state index in [2.05, 4.69) is 66.6 Å². The molecule has 1 aliphatic heterocycles. The summed E-state index contributed by atoms with van der Waals surface area (Å²) in [4.78, 5) is 13.9. The standard InChI is InChI=1S/C25H25ClN4O2.C10H21N/c1-3-13-31-18-9-10-19(20(26)14-18)22-29-21-23(30(22)15-17-7-5-4-6-8-17)27-16-28-24(21)32-25(2)11-12-25;1-4-9(3)6-10(5-2)7-11-8-10/h4-10,14,16H,3,11-13,15H2,1-2H3;9,11H,4-8H2,1-3H3. The normalized spacial score (nSPS) is 17.0. The lowest BCUT2D eigenvalue weighted by Gasteiger charge is -2.43. The molecule has 0 spiro atoms. The molecule has 0 bridgehead atoms. The molecule has 8 heteroatoms. The highest BCUT2D eigenvalue weighted by Crippen LogP contribution is 2.41. The topological polar surface area (TPSA) is 74.1 Å². The van der Waals surface area contributed by atoms with E-state index < -0.39 is 0 Å². The van der Waals surface area contributed by atoms with Crippen LogP contribution in [0.2, 0.25) is 5.02 Å². The molecule has 1 saturated heterocycles. The summed E-state index contributed by atoms with van der Waals surface area (Å²) in [6.45, 7) is 14.9. The highest BCUT2D eigenvalue weighted by Gasteiger charge is 2.41. The first-order valence-electron chi connectivity index (χ1n) is 15.9. The molecule has 1 N–H and O–H groups in total. The minimum Gasteiger partial charge on any atom is -0.494 e. The van der Waals surface area contributed by atoms with Gasteiger partial charge < -0.3 is 19.4 Å². The quantitative estimate of drug-likeness (QED) is 0.175. The van der Waals surface area contributed by atoms with Gasteiger partial charge in [0.2, 0.25) is 5.88 Å². The minimum atomic E-state index is -0.166. The number of halogens is 1. The van der Waals surface area contributed by atoms with Crippen LogP contribution >= 0.6 is 11.6 Å². The van der Waals surface area contributed by atoms with E-state index in [4.69, 9.17) is 26.1 Å². The van der Waals surface area contributed by atoms with Crippen molar-refractivity contribution in [3.05, 3.63) is 65.4 Å². The van der Waals surface area contributed by atoms with Crippen LogP contribution in [0.3, 0.4) is 0 Å². The van der Waals surface area contributed by atoms with Crippen LogP contribution in [0.5, 0.6) is 11.6 Å². The van der Waals surface area contributed by atoms with Gasteiger partial charge in [0, 0.05) is 18.7 Å². The first kappa shape index (κ1) is 31.3. The van der Waals surface area contributed by atoms with Gasteiger partial charge >= 0.3 is 0 Å². The van der Waals surface area contributed by atoms with Crippen molar-refractivity contribution in [3.8, 4) is 23.0 Å². The van der Waals surface area contributed by atoms with Crippen LogP contribution in [0.25, 0.3) is 22.6 Å². The van der Waals surface area contributed by atoms with E-state index in [9.17, 15) is 0 Å². The summed E-state index contributed by atoms with van der Waals surface area (Å²) >= 11 is 6.70. The molecule has 2 aromatic carbocycles. The molecule has 0 radical (unpaired) electrons. The van der Waals surface area contributed by atoms with Gasteiger partial charge in [0.25, 0.3) is 0 Å². The maximum Gasteiger partial charge on any atom is 0.245 e. The molecule has 6 rings (SSSR count). The third kappa shape index (κ3) is 7.50. The Hall–Kier alpha value is -3.16. The van der Waals surface area contributed by atoms with Crippen molar-refractivity contribution < 1.29 is 9.47 Å². The predicted molar refractivity (Wildman–Crippen MR) is 175 cm³/mol. The Morgan fingerprint density at radius 1 is 1.05 bits per heavy atom. The molecule has 2 fully saturated rings. The Morgan fingerprint density at radius 2 is 1.81 bits per heavy atom. The summed E-state index contributed by atoms with van der Waals surface area (Å²) < 4.78 is 14.0. The van der Waals surface area contributed by atoms with Gasteiger partial charge in [-0.25, -0.2) is 9.97 Å². The van der Waals surface area contributed by atoms with E-state index in [-0.39, 0.29) is 5.60 Å². The van der Waals surface area contributed by atoms with Crippen LogP contribution in [0.4, 0.5) is 0 Å². The summed E-state index contributed by atoms with van der Waals surface area (Å²) in [7, 11) is 0. The summed E-state index contributed by atoms with van der Waals surface area (Å²) in [6, 6.07) is 16.0. The molecule has 43 heavy (non-hydrogen) atoms. The second-order valence-electron chi connectivity index (χ2n) is 12.6. The number of rotatable bonds is 12. The first-order valence-corrected chi connectivity index (χ1v) is 16.2. The molecule has 1 unspecified atom stereocenters. The predicted octanol–water partition coefficient (Wildman–Crippen LogP) is 8.34. The second kappa shape index (κ2) is 13.6. The first-order chi connectivity index (χ1) is 20.8. The summed E-state index contributed by atoms with van der Waals surface area (Å²) in [5, 5.41) is 3.96. The van der Waals surface area contributed by atoms with E-state index in [0.717, 1.165) is 53.5 Å². The fourth-order valence-electron chi connectivity index (χ4n) is 5.51. The zero-order valence-corrected chi connectivity index (χ0v) is 27.1. The van der Waals surface area contributed by atoms with Gasteiger partial charge in [-0.05, 0) is 74.1 Å². The summed E-state index contributed by atoms with van der Waals surface area (Å²) in [5.41, 5.74) is 3.83. The molecule has 1 aliphatic carbocycles. The lowest BCUT2D eigenvalue weighted by atomic mass is 9.72. The monoisotopic (exact) mass is 603 g/mol. The molecule has 1 atom stereocenters. The van der Waals surface area contributed by atoms with Crippen LogP contribution in [0.1, 0.15) is 78.7 Å². The van der Waals surface area contributed by atoms with Gasteiger partial charge in [0.05, 0.1) is 18.2 Å². The number of nitrogens with one attached hydrogen (secondary N) is 1. The van der Waals surface area contributed by atoms with Gasteiger partial charge in [-0.15, -0.1) is 0 Å². The van der Waals surface area contributed by atoms with Crippen molar-refractivity contribution in [1.82, 2.24) is 24.8 Å². The maximum absolute atomic E-state index is 6.70. The van der Waals surface area contributed by atoms with Crippen LogP contribution in [-0.4, -0.2) is 44.8 Å². The van der Waals surface area contributed by atoms with Crippen molar-refractivity contribution in [1.29, 1.82) is 0 Å². The molecular formula is C35H46ClN5O2. The van der Waals surface area contributed by atoms with E-state index in [1.807, 2.05) is 36.4 Å². The SMILES string of the molecule is CCC(C)CC1(CC)CNC1.CCCOc1ccc(-c2nc3c(OC4(C)CC4)ncnc3n2Cc2ccccc2)c(Cl)c1. The van der Waals surface area contributed by atoms with E-state index in [1.165, 1.54) is 32.4 Å². The highest BCUT2D eigenvalue weighted by atomic mass is 35.5. The average molecular weight is 604 g/mol. The van der Waals surface area contributed by atoms with E-state index in [1.54, 1.807) is 6.33 Å². The lowest BCUT2D eigenvalue weighted by molar-refractivity contribution is 0.120. The Kier molecular flexibility index (Phi) is 9.92. The summed E-state index contributed by atoms with van der Waals surface area (Å²) in [5.74, 6) is 2.90. The molecule has 4 aromatic rings. The van der Waals surface area contributed by atoms with E-state index in [0.29, 0.717) is 35.0 Å². The number of hydrogen-bond acceptors (Lipinski definition) is 6. The Bertz CT molecular complexity index is 1490. The van der Waals surface area contributed by atoms with Crippen LogP contribution < -0.4 is 14.8 Å². The molecule has 230 valence electrons. The Labute approximate surface area is 261 Å². The Morgan fingerprint density at radius 3 is 2.42 bits per heavy atom. The number of fused-ring (bicyclic) bond motifs is 1. The number of aromatic nitrogens is 4. The number of imidazole rings is 1. The smallest absolute Gasteiger partial charge is 0.245 e. The molecule has 2 aliphatic rings. The van der Waals surface area contributed by atoms with Gasteiger partial charge in [-0.1, -0.05) is 76.0 Å². The van der Waals surface area contributed by atoms with Gasteiger partial charge in [-0.3, -0.25) is 0 Å². The third-order valence-electron chi connectivity index (χ3n) is 8.86. The van der Waals surface area contributed by atoms with E-state index >= 15 is 0 Å². The van der Waals surface area contributed by atoms with Crippen LogP contribution in [0.15, 0.2) is 54.9 Å². The largest absolute Gasteiger partial charge is 0.494 e. The molecule has 3 heterocycles.